The molecule has 0 radical (unpaired) electrons. The average Bonchev–Trinajstić information content (AvgIpc) is 3.27. The van der Waals surface area contributed by atoms with Crippen LogP contribution >= 0.6 is 23.4 Å². The molecule has 3 heterocycles. The lowest BCUT2D eigenvalue weighted by molar-refractivity contribution is -0.114. The van der Waals surface area contributed by atoms with Gasteiger partial charge in [0.15, 0.2) is 5.84 Å². The van der Waals surface area contributed by atoms with Crippen molar-refractivity contribution < 1.29 is 13.9 Å². The molecule has 2 aromatic carbocycles. The number of halogens is 2. The SMILES string of the molecule is N=C1C(=Cc2ccc(OCc3ccccc3F)c(Cl)c2)C(=O)N=C2SC(c3cccnc3)=NN12. The molecule has 0 aliphatic carbocycles. The van der Waals surface area contributed by atoms with E-state index in [9.17, 15) is 9.18 Å². The summed E-state index contributed by atoms with van der Waals surface area (Å²) >= 11 is 7.55. The van der Waals surface area contributed by atoms with Crippen LogP contribution in [0.4, 0.5) is 4.39 Å². The maximum absolute atomic E-state index is 13.8. The first-order valence-corrected chi connectivity index (χ1v) is 11.3. The van der Waals surface area contributed by atoms with Crippen molar-refractivity contribution >= 4 is 51.4 Å². The number of carbonyl (C=O) groups excluding carboxylic acids is 1. The first-order chi connectivity index (χ1) is 16.5. The van der Waals surface area contributed by atoms with Gasteiger partial charge in [0, 0.05) is 23.5 Å². The molecular formula is C24H15ClFN5O2S. The fourth-order valence-corrected chi connectivity index (χ4v) is 4.38. The number of aromatic nitrogens is 1. The number of amidine groups is 2. The molecule has 2 aliphatic heterocycles. The summed E-state index contributed by atoms with van der Waals surface area (Å²) in [5.41, 5.74) is 1.84. The topological polar surface area (TPSA) is 91.0 Å². The van der Waals surface area contributed by atoms with Crippen LogP contribution in [0.5, 0.6) is 5.75 Å². The summed E-state index contributed by atoms with van der Waals surface area (Å²) in [5, 5.41) is 15.5. The quantitative estimate of drug-likeness (QED) is 0.500. The molecule has 168 valence electrons. The Labute approximate surface area is 203 Å². The van der Waals surface area contributed by atoms with E-state index in [1.54, 1.807) is 54.9 Å². The first-order valence-electron chi connectivity index (χ1n) is 10.1. The third kappa shape index (κ3) is 4.35. The van der Waals surface area contributed by atoms with E-state index in [1.165, 1.54) is 28.9 Å². The van der Waals surface area contributed by atoms with Crippen LogP contribution in [0.15, 0.2) is 82.7 Å². The zero-order chi connectivity index (χ0) is 23.7. The zero-order valence-electron chi connectivity index (χ0n) is 17.4. The van der Waals surface area contributed by atoms with Gasteiger partial charge < -0.3 is 4.74 Å². The number of pyridine rings is 1. The monoisotopic (exact) mass is 491 g/mol. The first kappa shape index (κ1) is 22.0. The molecule has 1 aromatic heterocycles. The minimum Gasteiger partial charge on any atom is -0.487 e. The zero-order valence-corrected chi connectivity index (χ0v) is 19.0. The van der Waals surface area contributed by atoms with Gasteiger partial charge in [0.05, 0.1) is 10.6 Å². The van der Waals surface area contributed by atoms with Crippen molar-refractivity contribution in [1.29, 1.82) is 5.41 Å². The van der Waals surface area contributed by atoms with E-state index in [0.717, 1.165) is 5.56 Å². The number of carbonyl (C=O) groups is 1. The number of hydrogen-bond donors (Lipinski definition) is 1. The summed E-state index contributed by atoms with van der Waals surface area (Å²) in [5.74, 6) is -0.609. The standard InChI is InChI=1S/C24H15ClFN5O2S/c25-18-11-14(7-8-20(18)33-13-16-4-1-2-6-19(16)26)10-17-21(27)31-24(29-22(17)32)34-23(30-31)15-5-3-9-28-12-15/h1-12,27H,13H2. The highest BCUT2D eigenvalue weighted by Crippen LogP contribution is 2.32. The fraction of sp³-hybridized carbons (Fsp3) is 0.0417. The third-order valence-electron chi connectivity index (χ3n) is 4.97. The Balaban J connectivity index is 1.36. The molecular weight excluding hydrogens is 477 g/mol. The number of hydrazone groups is 1. The molecule has 10 heteroatoms. The number of ether oxygens (including phenoxy) is 1. The van der Waals surface area contributed by atoms with E-state index >= 15 is 0 Å². The van der Waals surface area contributed by atoms with Crippen LogP contribution in [-0.2, 0) is 11.4 Å². The molecule has 1 N–H and O–H groups in total. The van der Waals surface area contributed by atoms with Crippen molar-refractivity contribution in [3.8, 4) is 5.75 Å². The molecule has 1 amide bonds. The van der Waals surface area contributed by atoms with E-state index in [0.29, 0.717) is 32.1 Å². The van der Waals surface area contributed by atoms with Crippen molar-refractivity contribution in [2.75, 3.05) is 0 Å². The number of rotatable bonds is 5. The van der Waals surface area contributed by atoms with E-state index in [4.69, 9.17) is 21.7 Å². The summed E-state index contributed by atoms with van der Waals surface area (Å²) in [6.45, 7) is 0.0251. The van der Waals surface area contributed by atoms with Crippen LogP contribution in [0.25, 0.3) is 6.08 Å². The van der Waals surface area contributed by atoms with E-state index in [1.807, 2.05) is 6.07 Å². The van der Waals surface area contributed by atoms with Crippen molar-refractivity contribution in [2.24, 2.45) is 10.1 Å². The van der Waals surface area contributed by atoms with Crippen LogP contribution in [-0.4, -0.2) is 31.9 Å². The van der Waals surface area contributed by atoms with Gasteiger partial charge in [-0.25, -0.2) is 4.39 Å². The fourth-order valence-electron chi connectivity index (χ4n) is 3.26. The number of hydrogen-bond acceptors (Lipinski definition) is 6. The van der Waals surface area contributed by atoms with E-state index in [2.05, 4.69) is 15.1 Å². The molecule has 0 saturated heterocycles. The molecule has 0 atom stereocenters. The number of fused-ring (bicyclic) bond motifs is 1. The third-order valence-corrected chi connectivity index (χ3v) is 6.22. The smallest absolute Gasteiger partial charge is 0.283 e. The van der Waals surface area contributed by atoms with Crippen molar-refractivity contribution in [3.05, 3.63) is 100 Å². The van der Waals surface area contributed by atoms with Gasteiger partial charge >= 0.3 is 0 Å². The van der Waals surface area contributed by atoms with Crippen LogP contribution in [0.2, 0.25) is 5.02 Å². The number of amides is 1. The van der Waals surface area contributed by atoms with Crippen molar-refractivity contribution in [1.82, 2.24) is 9.99 Å². The molecule has 3 aromatic rings. The second-order valence-corrected chi connectivity index (χ2v) is 8.60. The van der Waals surface area contributed by atoms with Crippen LogP contribution in [0, 0.1) is 11.2 Å². The second kappa shape index (κ2) is 9.20. The molecule has 0 fully saturated rings. The molecule has 0 spiro atoms. The Morgan fingerprint density at radius 1 is 1.18 bits per heavy atom. The van der Waals surface area contributed by atoms with Crippen molar-refractivity contribution in [3.63, 3.8) is 0 Å². The van der Waals surface area contributed by atoms with Gasteiger partial charge in [-0.05, 0) is 53.7 Å². The predicted octanol–water partition coefficient (Wildman–Crippen LogP) is 5.12. The van der Waals surface area contributed by atoms with Crippen molar-refractivity contribution in [2.45, 2.75) is 6.61 Å². The maximum atomic E-state index is 13.8. The highest BCUT2D eigenvalue weighted by molar-refractivity contribution is 8.27. The Morgan fingerprint density at radius 3 is 2.79 bits per heavy atom. The normalized spacial score (nSPS) is 16.4. The maximum Gasteiger partial charge on any atom is 0.283 e. The van der Waals surface area contributed by atoms with Gasteiger partial charge in [0.25, 0.3) is 5.91 Å². The van der Waals surface area contributed by atoms with Gasteiger partial charge in [-0.15, -0.1) is 0 Å². The van der Waals surface area contributed by atoms with Crippen LogP contribution in [0.1, 0.15) is 16.7 Å². The number of nitrogens with zero attached hydrogens (tertiary/aromatic N) is 4. The van der Waals surface area contributed by atoms with E-state index in [-0.39, 0.29) is 23.8 Å². The summed E-state index contributed by atoms with van der Waals surface area (Å²) in [7, 11) is 0. The van der Waals surface area contributed by atoms with Crippen LogP contribution < -0.4 is 4.74 Å². The number of nitrogens with one attached hydrogen (secondary N) is 1. The average molecular weight is 492 g/mol. The molecule has 0 saturated carbocycles. The molecule has 0 bridgehead atoms. The second-order valence-electron chi connectivity index (χ2n) is 7.24. The number of thioether (sulfide) groups is 1. The molecule has 0 unspecified atom stereocenters. The number of benzene rings is 2. The summed E-state index contributed by atoms with van der Waals surface area (Å²) in [6, 6.07) is 14.9. The molecule has 34 heavy (non-hydrogen) atoms. The van der Waals surface area contributed by atoms with Gasteiger partial charge in [0.2, 0.25) is 5.17 Å². The Kier molecular flexibility index (Phi) is 5.95. The van der Waals surface area contributed by atoms with Gasteiger partial charge in [0.1, 0.15) is 23.2 Å². The predicted molar refractivity (Wildman–Crippen MR) is 131 cm³/mol. The highest BCUT2D eigenvalue weighted by atomic mass is 35.5. The Hall–Kier alpha value is -3.82. The van der Waals surface area contributed by atoms with Crippen LogP contribution in [0.3, 0.4) is 0 Å². The molecule has 7 nitrogen and oxygen atoms in total. The minimum absolute atomic E-state index is 0.0251. The van der Waals surface area contributed by atoms with Gasteiger partial charge in [-0.2, -0.15) is 15.1 Å². The van der Waals surface area contributed by atoms with Gasteiger partial charge in [-0.1, -0.05) is 35.9 Å². The lowest BCUT2D eigenvalue weighted by atomic mass is 10.1. The minimum atomic E-state index is -0.539. The summed E-state index contributed by atoms with van der Waals surface area (Å²) in [4.78, 5) is 20.8. The molecule has 2 aliphatic rings. The summed E-state index contributed by atoms with van der Waals surface area (Å²) < 4.78 is 19.4. The highest BCUT2D eigenvalue weighted by Gasteiger charge is 2.36. The lowest BCUT2D eigenvalue weighted by Crippen LogP contribution is -2.35. The van der Waals surface area contributed by atoms with E-state index < -0.39 is 5.91 Å². The lowest BCUT2D eigenvalue weighted by Gasteiger charge is -2.20. The van der Waals surface area contributed by atoms with Gasteiger partial charge in [-0.3, -0.25) is 15.2 Å². The summed E-state index contributed by atoms with van der Waals surface area (Å²) in [6.07, 6.45) is 4.84. The largest absolute Gasteiger partial charge is 0.487 e. The Bertz CT molecular complexity index is 1410. The molecule has 5 rings (SSSR count). The number of aliphatic imine (C=N–C) groups is 1. The Morgan fingerprint density at radius 2 is 2.03 bits per heavy atom.